The second kappa shape index (κ2) is 6.27. The van der Waals surface area contributed by atoms with Crippen LogP contribution in [0.15, 0.2) is 30.6 Å². The van der Waals surface area contributed by atoms with E-state index in [-0.39, 0.29) is 0 Å². The van der Waals surface area contributed by atoms with E-state index in [1.165, 1.54) is 0 Å². The van der Waals surface area contributed by atoms with Crippen molar-refractivity contribution < 1.29 is 4.74 Å². The van der Waals surface area contributed by atoms with Crippen molar-refractivity contribution in [1.82, 2.24) is 9.55 Å². The van der Waals surface area contributed by atoms with E-state index in [2.05, 4.69) is 18.8 Å². The fourth-order valence-corrected chi connectivity index (χ4v) is 2.04. The molecule has 0 aliphatic rings. The number of rotatable bonds is 6. The van der Waals surface area contributed by atoms with Crippen molar-refractivity contribution in [2.24, 2.45) is 0 Å². The van der Waals surface area contributed by atoms with E-state index in [0.717, 1.165) is 36.5 Å². The van der Waals surface area contributed by atoms with Crippen molar-refractivity contribution in [3.8, 4) is 11.4 Å². The summed E-state index contributed by atoms with van der Waals surface area (Å²) in [4.78, 5) is 4.38. The Balaban J connectivity index is 2.36. The van der Waals surface area contributed by atoms with Crippen molar-refractivity contribution in [3.05, 3.63) is 36.4 Å². The molecule has 0 radical (unpaired) electrons. The van der Waals surface area contributed by atoms with Crippen molar-refractivity contribution in [1.29, 1.82) is 0 Å². The zero-order valence-corrected chi connectivity index (χ0v) is 11.6. The highest BCUT2D eigenvalue weighted by Gasteiger charge is 2.10. The van der Waals surface area contributed by atoms with Gasteiger partial charge in [0, 0.05) is 18.8 Å². The van der Waals surface area contributed by atoms with Gasteiger partial charge in [-0.15, -0.1) is 0 Å². The minimum absolute atomic E-state index is 0.673. The Kier molecular flexibility index (Phi) is 4.44. The van der Waals surface area contributed by atoms with Crippen molar-refractivity contribution in [2.45, 2.75) is 33.1 Å². The molecule has 0 fully saturated rings. The lowest BCUT2D eigenvalue weighted by Gasteiger charge is -2.14. The van der Waals surface area contributed by atoms with Gasteiger partial charge in [-0.2, -0.15) is 0 Å². The summed E-state index contributed by atoms with van der Waals surface area (Å²) < 4.78 is 7.71. The minimum Gasteiger partial charge on any atom is -0.491 e. The molecule has 19 heavy (non-hydrogen) atoms. The molecule has 0 aliphatic carbocycles. The normalized spacial score (nSPS) is 10.6. The van der Waals surface area contributed by atoms with E-state index in [4.69, 9.17) is 10.5 Å². The van der Waals surface area contributed by atoms with Crippen LogP contribution in [0.1, 0.15) is 32.5 Å². The fourth-order valence-electron chi connectivity index (χ4n) is 2.04. The summed E-state index contributed by atoms with van der Waals surface area (Å²) in [6.07, 6.45) is 6.72. The van der Waals surface area contributed by atoms with Gasteiger partial charge in [0.25, 0.3) is 0 Å². The Morgan fingerprint density at radius 1 is 1.26 bits per heavy atom. The quantitative estimate of drug-likeness (QED) is 0.810. The number of nitrogen functional groups attached to an aromatic ring is 1. The molecule has 0 atom stereocenters. The van der Waals surface area contributed by atoms with Gasteiger partial charge in [-0.3, -0.25) is 0 Å². The average Bonchev–Trinajstić information content (AvgIpc) is 2.86. The third-order valence-corrected chi connectivity index (χ3v) is 2.96. The van der Waals surface area contributed by atoms with Gasteiger partial charge in [0.1, 0.15) is 11.6 Å². The van der Waals surface area contributed by atoms with Crippen LogP contribution in [0.2, 0.25) is 0 Å². The maximum absolute atomic E-state index is 6.21. The second-order valence-corrected chi connectivity index (χ2v) is 4.50. The first-order chi connectivity index (χ1) is 9.27. The number of ether oxygens (including phenoxy) is 1. The smallest absolute Gasteiger partial charge is 0.144 e. The summed E-state index contributed by atoms with van der Waals surface area (Å²) >= 11 is 0. The zero-order chi connectivity index (χ0) is 13.7. The Bertz CT molecular complexity index is 534. The van der Waals surface area contributed by atoms with Crippen molar-refractivity contribution in [3.63, 3.8) is 0 Å². The molecule has 0 aliphatic heterocycles. The SMILES string of the molecule is CCCOc1cccc(-n2ccnc2CCC)c1N. The summed E-state index contributed by atoms with van der Waals surface area (Å²) in [6, 6.07) is 5.87. The fraction of sp³-hybridized carbons (Fsp3) is 0.400. The minimum atomic E-state index is 0.673. The first-order valence-electron chi connectivity index (χ1n) is 6.81. The maximum atomic E-state index is 6.21. The number of anilines is 1. The van der Waals surface area contributed by atoms with Gasteiger partial charge < -0.3 is 15.0 Å². The third kappa shape index (κ3) is 2.89. The molecule has 4 heteroatoms. The number of aryl methyl sites for hydroxylation is 1. The van der Waals surface area contributed by atoms with Crippen molar-refractivity contribution >= 4 is 5.69 Å². The molecule has 2 N–H and O–H groups in total. The molecule has 0 saturated heterocycles. The maximum Gasteiger partial charge on any atom is 0.144 e. The zero-order valence-electron chi connectivity index (χ0n) is 11.6. The summed E-state index contributed by atoms with van der Waals surface area (Å²) in [7, 11) is 0. The molecule has 0 unspecified atom stereocenters. The second-order valence-electron chi connectivity index (χ2n) is 4.50. The highest BCUT2D eigenvalue weighted by atomic mass is 16.5. The first-order valence-corrected chi connectivity index (χ1v) is 6.81. The number of nitrogens with two attached hydrogens (primary N) is 1. The van der Waals surface area contributed by atoms with E-state index in [0.29, 0.717) is 12.3 Å². The lowest BCUT2D eigenvalue weighted by Crippen LogP contribution is -2.06. The molecule has 0 spiro atoms. The predicted molar refractivity (Wildman–Crippen MR) is 77.8 cm³/mol. The number of benzene rings is 1. The summed E-state index contributed by atoms with van der Waals surface area (Å²) in [5.74, 6) is 1.78. The van der Waals surface area contributed by atoms with Gasteiger partial charge >= 0.3 is 0 Å². The molecular formula is C15H21N3O. The van der Waals surface area contributed by atoms with Crippen LogP contribution in [0, 0.1) is 0 Å². The number of hydrogen-bond donors (Lipinski definition) is 1. The standard InChI is InChI=1S/C15H21N3O/c1-3-6-14-17-9-10-18(14)12-7-5-8-13(15(12)16)19-11-4-2/h5,7-10H,3-4,6,11,16H2,1-2H3. The molecule has 4 nitrogen and oxygen atoms in total. The number of nitrogens with zero attached hydrogens (tertiary/aromatic N) is 2. The van der Waals surface area contributed by atoms with E-state index in [1.807, 2.05) is 35.2 Å². The molecule has 0 saturated carbocycles. The summed E-state index contributed by atoms with van der Waals surface area (Å²) in [6.45, 7) is 4.90. The average molecular weight is 259 g/mol. The molecule has 0 bridgehead atoms. The third-order valence-electron chi connectivity index (χ3n) is 2.96. The Labute approximate surface area is 114 Å². The molecule has 1 aromatic heterocycles. The molecule has 2 rings (SSSR count). The van der Waals surface area contributed by atoms with E-state index >= 15 is 0 Å². The Morgan fingerprint density at radius 2 is 2.11 bits per heavy atom. The van der Waals surface area contributed by atoms with Crippen LogP contribution in [-0.2, 0) is 6.42 Å². The van der Waals surface area contributed by atoms with Crippen LogP contribution in [0.3, 0.4) is 0 Å². The highest BCUT2D eigenvalue weighted by Crippen LogP contribution is 2.29. The van der Waals surface area contributed by atoms with E-state index < -0.39 is 0 Å². The highest BCUT2D eigenvalue weighted by molar-refractivity contribution is 5.66. The van der Waals surface area contributed by atoms with Gasteiger partial charge in [-0.25, -0.2) is 4.98 Å². The van der Waals surface area contributed by atoms with E-state index in [1.54, 1.807) is 0 Å². The van der Waals surface area contributed by atoms with E-state index in [9.17, 15) is 0 Å². The number of para-hydroxylation sites is 1. The van der Waals surface area contributed by atoms with Gasteiger partial charge in [-0.05, 0) is 25.0 Å². The lowest BCUT2D eigenvalue weighted by atomic mass is 10.2. The molecule has 2 aromatic rings. The molecule has 1 aromatic carbocycles. The lowest BCUT2D eigenvalue weighted by molar-refractivity contribution is 0.319. The van der Waals surface area contributed by atoms with Crippen LogP contribution in [0.5, 0.6) is 5.75 Å². The Hall–Kier alpha value is -1.97. The summed E-state index contributed by atoms with van der Waals surface area (Å²) in [5, 5.41) is 0. The molecule has 0 amide bonds. The topological polar surface area (TPSA) is 53.1 Å². The predicted octanol–water partition coefficient (Wildman–Crippen LogP) is 3.20. The van der Waals surface area contributed by atoms with Crippen LogP contribution < -0.4 is 10.5 Å². The van der Waals surface area contributed by atoms with Crippen LogP contribution >= 0.6 is 0 Å². The number of aromatic nitrogens is 2. The number of imidazole rings is 1. The van der Waals surface area contributed by atoms with Crippen LogP contribution in [-0.4, -0.2) is 16.2 Å². The monoisotopic (exact) mass is 259 g/mol. The van der Waals surface area contributed by atoms with Gasteiger partial charge in [0.05, 0.1) is 18.0 Å². The first kappa shape index (κ1) is 13.5. The van der Waals surface area contributed by atoms with Crippen LogP contribution in [0.4, 0.5) is 5.69 Å². The number of hydrogen-bond acceptors (Lipinski definition) is 3. The largest absolute Gasteiger partial charge is 0.491 e. The Morgan fingerprint density at radius 3 is 2.84 bits per heavy atom. The molecule has 1 heterocycles. The van der Waals surface area contributed by atoms with Gasteiger partial charge in [0.15, 0.2) is 0 Å². The van der Waals surface area contributed by atoms with Gasteiger partial charge in [-0.1, -0.05) is 19.9 Å². The van der Waals surface area contributed by atoms with Crippen molar-refractivity contribution in [2.75, 3.05) is 12.3 Å². The summed E-state index contributed by atoms with van der Waals surface area (Å²) in [5.41, 5.74) is 7.82. The molecule has 102 valence electrons. The van der Waals surface area contributed by atoms with Crippen LogP contribution in [0.25, 0.3) is 5.69 Å². The molecular weight excluding hydrogens is 238 g/mol. The van der Waals surface area contributed by atoms with Gasteiger partial charge in [0.2, 0.25) is 0 Å².